The Morgan fingerprint density at radius 2 is 2.09 bits per heavy atom. The van der Waals surface area contributed by atoms with Crippen molar-refractivity contribution in [2.45, 2.75) is 25.3 Å². The summed E-state index contributed by atoms with van der Waals surface area (Å²) in [6, 6.07) is 7.19. The van der Waals surface area contributed by atoms with Crippen molar-refractivity contribution in [2.75, 3.05) is 6.54 Å². The lowest BCUT2D eigenvalue weighted by molar-refractivity contribution is -0.152. The van der Waals surface area contributed by atoms with Crippen molar-refractivity contribution in [2.24, 2.45) is 5.41 Å². The van der Waals surface area contributed by atoms with E-state index in [2.05, 4.69) is 16.1 Å². The quantitative estimate of drug-likeness (QED) is 0.353. The first-order valence-corrected chi connectivity index (χ1v) is 6.94. The maximum absolute atomic E-state index is 12.8. The molecule has 0 aromatic heterocycles. The molecular weight excluding hydrogens is 303 g/mol. The molecule has 0 spiro atoms. The average molecular weight is 318 g/mol. The molecule has 0 bridgehead atoms. The Hall–Kier alpha value is -2.59. The Morgan fingerprint density at radius 1 is 1.43 bits per heavy atom. The van der Waals surface area contributed by atoms with Crippen LogP contribution in [0.3, 0.4) is 0 Å². The van der Waals surface area contributed by atoms with E-state index in [1.807, 2.05) is 0 Å². The Labute approximate surface area is 132 Å². The third kappa shape index (κ3) is 3.43. The second-order valence-corrected chi connectivity index (χ2v) is 5.80. The highest BCUT2D eigenvalue weighted by molar-refractivity contribution is 5.97. The summed E-state index contributed by atoms with van der Waals surface area (Å²) in [6.45, 7) is 1.64. The van der Waals surface area contributed by atoms with Gasteiger partial charge in [0.2, 0.25) is 0 Å². The van der Waals surface area contributed by atoms with Crippen LogP contribution >= 0.6 is 0 Å². The summed E-state index contributed by atoms with van der Waals surface area (Å²) in [5.74, 6) is -1.44. The number of carbonyl (C=O) groups excluding carboxylic acids is 3. The fourth-order valence-electron chi connectivity index (χ4n) is 2.63. The van der Waals surface area contributed by atoms with Crippen LogP contribution in [-0.2, 0) is 14.3 Å². The van der Waals surface area contributed by atoms with Crippen LogP contribution in [0.15, 0.2) is 24.3 Å². The molecule has 2 rings (SSSR count). The number of nitrogens with one attached hydrogen (secondary N) is 1. The monoisotopic (exact) mass is 318 g/mol. The van der Waals surface area contributed by atoms with Crippen LogP contribution in [-0.4, -0.2) is 30.3 Å². The molecule has 1 N–H and O–H groups in total. The van der Waals surface area contributed by atoms with Gasteiger partial charge in [0.25, 0.3) is 0 Å². The average Bonchev–Trinajstić information content (AvgIpc) is 3.10. The lowest BCUT2D eigenvalue weighted by atomic mass is 9.98. The maximum atomic E-state index is 12.8. The Kier molecular flexibility index (Phi) is 4.57. The maximum Gasteiger partial charge on any atom is 0.313 e. The highest BCUT2D eigenvalue weighted by Crippen LogP contribution is 2.58. The number of ether oxygens (including phenoxy) is 1. The summed E-state index contributed by atoms with van der Waals surface area (Å²) < 4.78 is 17.1. The first-order valence-electron chi connectivity index (χ1n) is 6.94. The van der Waals surface area contributed by atoms with E-state index in [0.717, 1.165) is 0 Å². The van der Waals surface area contributed by atoms with Crippen LogP contribution in [0.2, 0.25) is 0 Å². The van der Waals surface area contributed by atoms with Crippen LogP contribution in [0.25, 0.3) is 0 Å². The predicted molar refractivity (Wildman–Crippen MR) is 76.6 cm³/mol. The largest absolute Gasteiger partial charge is 0.395 e. The number of rotatable bonds is 7. The minimum absolute atomic E-state index is 0.0492. The van der Waals surface area contributed by atoms with Crippen molar-refractivity contribution in [1.82, 2.24) is 5.32 Å². The van der Waals surface area contributed by atoms with Crippen LogP contribution in [0.5, 0.6) is 0 Å². The Bertz CT molecular complexity index is 682. The molecule has 2 atom stereocenters. The van der Waals surface area contributed by atoms with Crippen molar-refractivity contribution in [3.63, 3.8) is 0 Å². The van der Waals surface area contributed by atoms with Gasteiger partial charge in [-0.3, -0.25) is 19.7 Å². The number of hydrogen-bond acceptors (Lipinski definition) is 6. The number of benzene rings is 1. The van der Waals surface area contributed by atoms with E-state index in [9.17, 15) is 24.0 Å². The van der Waals surface area contributed by atoms with Gasteiger partial charge in [0.05, 0.1) is 19.0 Å². The molecule has 0 saturated heterocycles. The van der Waals surface area contributed by atoms with Crippen LogP contribution in [0.4, 0.5) is 4.39 Å². The van der Waals surface area contributed by atoms with E-state index < -0.39 is 22.7 Å². The molecule has 1 aromatic rings. The molecular formula is C16H15FN2O4. The highest BCUT2D eigenvalue weighted by atomic mass is 19.1. The SMILES string of the molecule is CC1(CC(=O)OC=O)CC1(C#N)NCC(=O)c1ccc(F)cc1. The molecule has 2 unspecified atom stereocenters. The molecule has 0 amide bonds. The van der Waals surface area contributed by atoms with Gasteiger partial charge in [-0.25, -0.2) is 4.39 Å². The van der Waals surface area contributed by atoms with E-state index in [1.165, 1.54) is 24.3 Å². The molecule has 0 heterocycles. The molecule has 120 valence electrons. The van der Waals surface area contributed by atoms with E-state index in [1.54, 1.807) is 6.92 Å². The van der Waals surface area contributed by atoms with E-state index in [-0.39, 0.29) is 25.2 Å². The van der Waals surface area contributed by atoms with Crippen molar-refractivity contribution < 1.29 is 23.5 Å². The topological polar surface area (TPSA) is 96.3 Å². The fourth-order valence-corrected chi connectivity index (χ4v) is 2.63. The number of carbonyl (C=O) groups is 3. The van der Waals surface area contributed by atoms with Crippen LogP contribution < -0.4 is 5.32 Å². The molecule has 7 heteroatoms. The zero-order valence-electron chi connectivity index (χ0n) is 12.5. The summed E-state index contributed by atoms with van der Waals surface area (Å²) in [6.07, 6.45) is 0.262. The normalized spacial score (nSPS) is 25.3. The second-order valence-electron chi connectivity index (χ2n) is 5.80. The summed E-state index contributed by atoms with van der Waals surface area (Å²) >= 11 is 0. The van der Waals surface area contributed by atoms with E-state index >= 15 is 0 Å². The van der Waals surface area contributed by atoms with Crippen LogP contribution in [0, 0.1) is 22.6 Å². The van der Waals surface area contributed by atoms with Gasteiger partial charge < -0.3 is 4.74 Å². The smallest absolute Gasteiger partial charge is 0.313 e. The lowest BCUT2D eigenvalue weighted by Gasteiger charge is -2.16. The molecule has 6 nitrogen and oxygen atoms in total. The van der Waals surface area contributed by atoms with Crippen molar-refractivity contribution >= 4 is 18.2 Å². The standard InChI is InChI=1S/C16H15FN2O4/c1-15(6-14(22)23-10-20)8-16(15,9-18)19-7-13(21)11-2-4-12(17)5-3-11/h2-5,10,19H,6-8H2,1H3. The van der Waals surface area contributed by atoms with Gasteiger partial charge in [-0.2, -0.15) is 5.26 Å². The molecule has 1 saturated carbocycles. The summed E-state index contributed by atoms with van der Waals surface area (Å²) in [4.78, 5) is 33.6. The van der Waals surface area contributed by atoms with E-state index in [0.29, 0.717) is 12.0 Å². The molecule has 23 heavy (non-hydrogen) atoms. The second kappa shape index (κ2) is 6.26. The zero-order chi connectivity index (χ0) is 17.1. The Morgan fingerprint density at radius 3 is 2.65 bits per heavy atom. The minimum Gasteiger partial charge on any atom is -0.395 e. The molecule has 1 fully saturated rings. The van der Waals surface area contributed by atoms with Gasteiger partial charge in [-0.15, -0.1) is 0 Å². The molecule has 0 aliphatic heterocycles. The molecule has 1 aliphatic carbocycles. The molecule has 1 aliphatic rings. The number of nitriles is 1. The van der Waals surface area contributed by atoms with Crippen molar-refractivity contribution in [1.29, 1.82) is 5.26 Å². The van der Waals surface area contributed by atoms with E-state index in [4.69, 9.17) is 0 Å². The summed E-state index contributed by atoms with van der Waals surface area (Å²) in [7, 11) is 0. The number of hydrogen-bond donors (Lipinski definition) is 1. The van der Waals surface area contributed by atoms with Gasteiger partial charge in [0.15, 0.2) is 5.78 Å². The third-order valence-corrected chi connectivity index (χ3v) is 4.18. The first-order chi connectivity index (χ1) is 10.9. The molecule has 1 aromatic carbocycles. The summed E-state index contributed by atoms with van der Waals surface area (Å²) in [5.41, 5.74) is -1.40. The third-order valence-electron chi connectivity index (χ3n) is 4.18. The highest BCUT2D eigenvalue weighted by Gasteiger charge is 2.66. The predicted octanol–water partition coefficient (Wildman–Crippen LogP) is 1.36. The Balaban J connectivity index is 1.97. The number of Topliss-reactive ketones (excluding diaryl/α,β-unsaturated/α-hetero) is 1. The van der Waals surface area contributed by atoms with Gasteiger partial charge in [0.1, 0.15) is 11.4 Å². The summed E-state index contributed by atoms with van der Waals surface area (Å²) in [5, 5.41) is 12.2. The van der Waals surface area contributed by atoms with Crippen molar-refractivity contribution in [3.05, 3.63) is 35.6 Å². The lowest BCUT2D eigenvalue weighted by Crippen LogP contribution is -2.39. The fraction of sp³-hybridized carbons (Fsp3) is 0.375. The number of nitrogens with zero attached hydrogens (tertiary/aromatic N) is 1. The number of esters is 1. The zero-order valence-corrected chi connectivity index (χ0v) is 12.5. The van der Waals surface area contributed by atoms with Gasteiger partial charge in [-0.1, -0.05) is 6.92 Å². The first kappa shape index (κ1) is 16.8. The van der Waals surface area contributed by atoms with Gasteiger partial charge in [-0.05, 0) is 30.7 Å². The van der Waals surface area contributed by atoms with Gasteiger partial charge >= 0.3 is 12.4 Å². The number of ketones is 1. The number of halogens is 1. The molecule has 0 radical (unpaired) electrons. The van der Waals surface area contributed by atoms with Crippen LogP contribution in [0.1, 0.15) is 30.1 Å². The van der Waals surface area contributed by atoms with Gasteiger partial charge in [0, 0.05) is 11.0 Å². The minimum atomic E-state index is -1.02. The van der Waals surface area contributed by atoms with Crippen molar-refractivity contribution in [3.8, 4) is 6.07 Å².